The van der Waals surface area contributed by atoms with E-state index in [2.05, 4.69) is 6.92 Å². The molecule has 4 nitrogen and oxygen atoms in total. The summed E-state index contributed by atoms with van der Waals surface area (Å²) >= 11 is 1.78. The zero-order chi connectivity index (χ0) is 18.8. The number of unbranched alkanes of at least 4 members (excludes halogenated alkanes) is 5. The van der Waals surface area contributed by atoms with Gasteiger partial charge in [-0.2, -0.15) is 11.8 Å². The van der Waals surface area contributed by atoms with Gasteiger partial charge in [0, 0.05) is 32.3 Å². The van der Waals surface area contributed by atoms with Crippen molar-refractivity contribution in [2.24, 2.45) is 0 Å². The van der Waals surface area contributed by atoms with E-state index < -0.39 is 8.80 Å². The summed E-state index contributed by atoms with van der Waals surface area (Å²) in [5.41, 5.74) is 0. The number of ketones is 1. The molecule has 0 heterocycles. The lowest BCUT2D eigenvalue weighted by Gasteiger charge is -2.28. The topological polar surface area (TPSA) is 44.8 Å². The lowest BCUT2D eigenvalue weighted by Crippen LogP contribution is -2.46. The second-order valence-electron chi connectivity index (χ2n) is 6.19. The number of rotatable bonds is 19. The summed E-state index contributed by atoms with van der Waals surface area (Å²) in [5.74, 6) is 2.08. The SMILES string of the molecule is CCCCCCCCSCC(=O)CCC[Si](OCC)(OCC)OCC. The van der Waals surface area contributed by atoms with Crippen LogP contribution in [0.2, 0.25) is 6.04 Å². The molecule has 0 aromatic carbocycles. The van der Waals surface area contributed by atoms with Crippen LogP contribution in [0.15, 0.2) is 0 Å². The molecule has 6 heteroatoms. The average molecular weight is 393 g/mol. The minimum absolute atomic E-state index is 0.336. The van der Waals surface area contributed by atoms with Gasteiger partial charge in [-0.25, -0.2) is 0 Å². The van der Waals surface area contributed by atoms with Crippen LogP contribution < -0.4 is 0 Å². The highest BCUT2D eigenvalue weighted by molar-refractivity contribution is 7.99. The zero-order valence-corrected chi connectivity index (χ0v) is 18.8. The molecule has 0 atom stereocenters. The molecule has 0 aromatic heterocycles. The maximum absolute atomic E-state index is 12.0. The quantitative estimate of drug-likeness (QED) is 0.215. The predicted octanol–water partition coefficient (Wildman–Crippen LogP) is 5.48. The van der Waals surface area contributed by atoms with Crippen molar-refractivity contribution in [3.05, 3.63) is 0 Å². The van der Waals surface area contributed by atoms with Gasteiger partial charge in [0.1, 0.15) is 5.78 Å². The number of thioether (sulfide) groups is 1. The smallest absolute Gasteiger partial charge is 0.374 e. The number of hydrogen-bond acceptors (Lipinski definition) is 5. The molecule has 0 amide bonds. The van der Waals surface area contributed by atoms with Crippen molar-refractivity contribution >= 4 is 26.3 Å². The summed E-state index contributed by atoms with van der Waals surface area (Å²) in [6, 6.07) is 0.732. The van der Waals surface area contributed by atoms with Crippen molar-refractivity contribution in [1.29, 1.82) is 0 Å². The third-order valence-corrected chi connectivity index (χ3v) is 8.19. The lowest BCUT2D eigenvalue weighted by atomic mass is 10.1. The molecule has 25 heavy (non-hydrogen) atoms. The highest BCUT2D eigenvalue weighted by atomic mass is 32.2. The number of hydrogen-bond donors (Lipinski definition) is 0. The van der Waals surface area contributed by atoms with E-state index in [1.807, 2.05) is 20.8 Å². The molecule has 0 fully saturated rings. The van der Waals surface area contributed by atoms with Crippen LogP contribution in [0.25, 0.3) is 0 Å². The van der Waals surface area contributed by atoms with E-state index in [0.717, 1.165) is 18.2 Å². The van der Waals surface area contributed by atoms with Gasteiger partial charge < -0.3 is 13.3 Å². The second kappa shape index (κ2) is 17.5. The Labute approximate surface area is 161 Å². The van der Waals surface area contributed by atoms with E-state index in [-0.39, 0.29) is 0 Å². The molecule has 0 spiro atoms. The normalized spacial score (nSPS) is 11.8. The van der Waals surface area contributed by atoms with Crippen LogP contribution in [0.5, 0.6) is 0 Å². The Balaban J connectivity index is 3.84. The van der Waals surface area contributed by atoms with Gasteiger partial charge in [0.2, 0.25) is 0 Å². The van der Waals surface area contributed by atoms with Gasteiger partial charge in [0.05, 0.1) is 5.75 Å². The molecule has 0 rings (SSSR count). The first-order chi connectivity index (χ1) is 12.1. The van der Waals surface area contributed by atoms with Crippen LogP contribution >= 0.6 is 11.8 Å². The standard InChI is InChI=1S/C19H40O4SSi/c1-5-9-10-11-12-13-16-24-18-19(20)15-14-17-25(21-6-2,22-7-3)23-8-4/h5-18H2,1-4H3. The van der Waals surface area contributed by atoms with Crippen molar-refractivity contribution in [3.8, 4) is 0 Å². The van der Waals surface area contributed by atoms with Gasteiger partial charge in [-0.3, -0.25) is 4.79 Å². The molecule has 0 bridgehead atoms. The van der Waals surface area contributed by atoms with Gasteiger partial charge in [-0.1, -0.05) is 39.0 Å². The fourth-order valence-electron chi connectivity index (χ4n) is 2.75. The zero-order valence-electron chi connectivity index (χ0n) is 16.9. The fourth-order valence-corrected chi connectivity index (χ4v) is 6.28. The Morgan fingerprint density at radius 1 is 0.800 bits per heavy atom. The molecule has 0 radical (unpaired) electrons. The lowest BCUT2D eigenvalue weighted by molar-refractivity contribution is -0.116. The molecule has 0 N–H and O–H groups in total. The molecule has 150 valence electrons. The molecule has 0 aliphatic heterocycles. The molecule has 0 unspecified atom stereocenters. The van der Waals surface area contributed by atoms with Crippen LogP contribution in [-0.2, 0) is 18.1 Å². The molecule has 0 aliphatic carbocycles. The first-order valence-electron chi connectivity index (χ1n) is 10.1. The van der Waals surface area contributed by atoms with Gasteiger partial charge in [-0.05, 0) is 39.4 Å². The van der Waals surface area contributed by atoms with E-state index in [1.165, 1.54) is 38.5 Å². The summed E-state index contributed by atoms with van der Waals surface area (Å²) < 4.78 is 17.5. The van der Waals surface area contributed by atoms with Crippen LogP contribution in [0.4, 0.5) is 0 Å². The van der Waals surface area contributed by atoms with Crippen LogP contribution in [0.3, 0.4) is 0 Å². The predicted molar refractivity (Wildman–Crippen MR) is 110 cm³/mol. The molecular weight excluding hydrogens is 352 g/mol. The maximum atomic E-state index is 12.0. The highest BCUT2D eigenvalue weighted by Gasteiger charge is 2.39. The largest absolute Gasteiger partial charge is 0.500 e. The molecule has 0 aliphatic rings. The highest BCUT2D eigenvalue weighted by Crippen LogP contribution is 2.20. The van der Waals surface area contributed by atoms with Crippen molar-refractivity contribution in [2.45, 2.75) is 85.1 Å². The molecule has 0 saturated heterocycles. The van der Waals surface area contributed by atoms with Gasteiger partial charge >= 0.3 is 8.80 Å². The summed E-state index contributed by atoms with van der Waals surface area (Å²) in [7, 11) is -2.58. The number of carbonyl (C=O) groups is 1. The van der Waals surface area contributed by atoms with Gasteiger partial charge in [0.15, 0.2) is 0 Å². The second-order valence-corrected chi connectivity index (χ2v) is 10.0. The molecule has 0 saturated carbocycles. The molecular formula is C19H40O4SSi. The Hall–Kier alpha value is 0.117. The summed E-state index contributed by atoms with van der Waals surface area (Å²) in [6.45, 7) is 9.90. The van der Waals surface area contributed by atoms with E-state index in [4.69, 9.17) is 13.3 Å². The Kier molecular flexibility index (Phi) is 17.6. The monoisotopic (exact) mass is 392 g/mol. The third-order valence-electron chi connectivity index (χ3n) is 3.94. The average Bonchev–Trinajstić information content (AvgIpc) is 2.58. The third kappa shape index (κ3) is 13.9. The van der Waals surface area contributed by atoms with E-state index in [9.17, 15) is 4.79 Å². The molecule has 0 aromatic rings. The summed E-state index contributed by atoms with van der Waals surface area (Å²) in [4.78, 5) is 12.0. The first-order valence-corrected chi connectivity index (χ1v) is 13.2. The first kappa shape index (κ1) is 25.1. The van der Waals surface area contributed by atoms with Crippen molar-refractivity contribution in [2.75, 3.05) is 31.3 Å². The van der Waals surface area contributed by atoms with Crippen LogP contribution in [0.1, 0.15) is 79.1 Å². The Morgan fingerprint density at radius 2 is 1.36 bits per heavy atom. The summed E-state index contributed by atoms with van der Waals surface area (Å²) in [5, 5.41) is 0. The van der Waals surface area contributed by atoms with E-state index in [0.29, 0.717) is 37.8 Å². The van der Waals surface area contributed by atoms with Gasteiger partial charge in [-0.15, -0.1) is 0 Å². The van der Waals surface area contributed by atoms with Crippen molar-refractivity contribution in [1.82, 2.24) is 0 Å². The van der Waals surface area contributed by atoms with Crippen LogP contribution in [-0.4, -0.2) is 45.9 Å². The Morgan fingerprint density at radius 3 is 1.92 bits per heavy atom. The number of Topliss-reactive ketones (excluding diaryl/α,β-unsaturated/α-hetero) is 1. The van der Waals surface area contributed by atoms with Crippen molar-refractivity contribution < 1.29 is 18.1 Å². The minimum Gasteiger partial charge on any atom is -0.374 e. The number of carbonyl (C=O) groups excluding carboxylic acids is 1. The van der Waals surface area contributed by atoms with E-state index >= 15 is 0 Å². The van der Waals surface area contributed by atoms with Crippen LogP contribution in [0, 0.1) is 0 Å². The van der Waals surface area contributed by atoms with Gasteiger partial charge in [0.25, 0.3) is 0 Å². The fraction of sp³-hybridized carbons (Fsp3) is 0.947. The van der Waals surface area contributed by atoms with Crippen molar-refractivity contribution in [3.63, 3.8) is 0 Å². The minimum atomic E-state index is -2.58. The van der Waals surface area contributed by atoms with E-state index in [1.54, 1.807) is 11.8 Å². The maximum Gasteiger partial charge on any atom is 0.500 e. The summed E-state index contributed by atoms with van der Waals surface area (Å²) in [6.07, 6.45) is 9.26. The Bertz CT molecular complexity index is 299.